The average molecular weight is 430 g/mol. The van der Waals surface area contributed by atoms with Gasteiger partial charge in [-0.15, -0.1) is 0 Å². The maximum Gasteiger partial charge on any atom is 0.314 e. The van der Waals surface area contributed by atoms with Gasteiger partial charge in [-0.05, 0) is 47.6 Å². The van der Waals surface area contributed by atoms with Crippen LogP contribution in [0.2, 0.25) is 0 Å². The maximum atomic E-state index is 13.1. The van der Waals surface area contributed by atoms with Crippen molar-refractivity contribution in [2.24, 2.45) is 11.8 Å². The Labute approximate surface area is 175 Å². The number of sulfonamides is 1. The van der Waals surface area contributed by atoms with Crippen LogP contribution in [-0.4, -0.2) is 18.4 Å². The third kappa shape index (κ3) is 4.88. The van der Waals surface area contributed by atoms with Crippen LogP contribution in [0.3, 0.4) is 0 Å². The van der Waals surface area contributed by atoms with E-state index in [1.54, 1.807) is 0 Å². The zero-order valence-corrected chi connectivity index (χ0v) is 18.3. The van der Waals surface area contributed by atoms with Gasteiger partial charge in [0.05, 0.1) is 15.9 Å². The lowest BCUT2D eigenvalue weighted by atomic mass is 9.94. The first-order chi connectivity index (χ1) is 14.1. The zero-order valence-electron chi connectivity index (χ0n) is 17.5. The lowest BCUT2D eigenvalue weighted by Gasteiger charge is -2.23. The number of rotatable bonds is 7. The lowest BCUT2D eigenvalue weighted by Crippen LogP contribution is -2.32. The SMILES string of the molecule is CC(C)Cc1ccc(C(NS(=O)(=O)c2ccc3[nH]c(=O)c(=O)[nH]c3c2)C(C)C)cc1. The molecule has 0 spiro atoms. The summed E-state index contributed by atoms with van der Waals surface area (Å²) in [6.07, 6.45) is 0.968. The van der Waals surface area contributed by atoms with Crippen molar-refractivity contribution in [1.29, 1.82) is 0 Å². The number of hydrogen-bond acceptors (Lipinski definition) is 4. The fraction of sp³-hybridized carbons (Fsp3) is 0.364. The van der Waals surface area contributed by atoms with E-state index in [1.165, 1.54) is 23.8 Å². The van der Waals surface area contributed by atoms with Gasteiger partial charge in [0.25, 0.3) is 0 Å². The van der Waals surface area contributed by atoms with Crippen molar-refractivity contribution in [3.63, 3.8) is 0 Å². The molecule has 2 aromatic carbocycles. The molecule has 0 radical (unpaired) electrons. The molecule has 0 aliphatic rings. The molecule has 0 amide bonds. The highest BCUT2D eigenvalue weighted by atomic mass is 32.2. The van der Waals surface area contributed by atoms with Crippen molar-refractivity contribution >= 4 is 21.1 Å². The van der Waals surface area contributed by atoms with Gasteiger partial charge >= 0.3 is 11.1 Å². The summed E-state index contributed by atoms with van der Waals surface area (Å²) in [6, 6.07) is 11.8. The standard InChI is InChI=1S/C22H27N3O4S/c1-13(2)11-15-5-7-16(8-6-15)20(14(3)4)25-30(28,29)17-9-10-18-19(12-17)24-22(27)21(26)23-18/h5-10,12-14,20,25H,11H2,1-4H3,(H,23,26)(H,24,27). The molecule has 3 rings (SSSR count). The Morgan fingerprint density at radius 3 is 2.03 bits per heavy atom. The molecule has 1 unspecified atom stereocenters. The Balaban J connectivity index is 1.92. The van der Waals surface area contributed by atoms with E-state index in [4.69, 9.17) is 0 Å². The highest BCUT2D eigenvalue weighted by Crippen LogP contribution is 2.26. The van der Waals surface area contributed by atoms with Crippen LogP contribution >= 0.6 is 0 Å². The normalized spacial score (nSPS) is 13.3. The predicted molar refractivity (Wildman–Crippen MR) is 118 cm³/mol. The lowest BCUT2D eigenvalue weighted by molar-refractivity contribution is 0.463. The van der Waals surface area contributed by atoms with Crippen LogP contribution in [0, 0.1) is 11.8 Å². The molecule has 160 valence electrons. The molecule has 0 saturated heterocycles. The van der Waals surface area contributed by atoms with E-state index in [9.17, 15) is 18.0 Å². The smallest absolute Gasteiger partial charge is 0.314 e. The van der Waals surface area contributed by atoms with Gasteiger partial charge in [0.1, 0.15) is 0 Å². The summed E-state index contributed by atoms with van der Waals surface area (Å²) in [5.74, 6) is 0.567. The van der Waals surface area contributed by atoms with Crippen molar-refractivity contribution in [3.05, 3.63) is 74.3 Å². The first-order valence-corrected chi connectivity index (χ1v) is 11.4. The van der Waals surface area contributed by atoms with E-state index in [0.717, 1.165) is 12.0 Å². The molecule has 0 bridgehead atoms. The minimum absolute atomic E-state index is 0.0137. The van der Waals surface area contributed by atoms with E-state index >= 15 is 0 Å². The summed E-state index contributed by atoms with van der Waals surface area (Å²) in [5.41, 5.74) is 1.11. The monoisotopic (exact) mass is 429 g/mol. The number of hydrogen-bond donors (Lipinski definition) is 3. The van der Waals surface area contributed by atoms with Gasteiger partial charge in [0.2, 0.25) is 10.0 Å². The van der Waals surface area contributed by atoms with Gasteiger partial charge in [-0.3, -0.25) is 9.59 Å². The summed E-state index contributed by atoms with van der Waals surface area (Å²) in [6.45, 7) is 8.23. The van der Waals surface area contributed by atoms with Gasteiger partial charge in [-0.2, -0.15) is 0 Å². The molecule has 0 fully saturated rings. The van der Waals surface area contributed by atoms with E-state index in [1.807, 2.05) is 38.1 Å². The molecule has 0 aliphatic heterocycles. The number of H-pyrrole nitrogens is 2. The Morgan fingerprint density at radius 1 is 0.867 bits per heavy atom. The average Bonchev–Trinajstić information content (AvgIpc) is 2.67. The summed E-state index contributed by atoms with van der Waals surface area (Å²) in [7, 11) is -3.86. The number of benzene rings is 2. The maximum absolute atomic E-state index is 13.1. The summed E-state index contributed by atoms with van der Waals surface area (Å²) in [5, 5.41) is 0. The van der Waals surface area contributed by atoms with Crippen molar-refractivity contribution in [3.8, 4) is 0 Å². The fourth-order valence-electron chi connectivity index (χ4n) is 3.42. The molecule has 0 saturated carbocycles. The molecule has 8 heteroatoms. The molecular weight excluding hydrogens is 402 g/mol. The molecule has 7 nitrogen and oxygen atoms in total. The molecule has 0 aliphatic carbocycles. The Morgan fingerprint density at radius 2 is 1.47 bits per heavy atom. The number of aromatic amines is 2. The van der Waals surface area contributed by atoms with Gasteiger partial charge in [-0.1, -0.05) is 52.0 Å². The third-order valence-electron chi connectivity index (χ3n) is 4.94. The van der Waals surface area contributed by atoms with E-state index in [0.29, 0.717) is 11.4 Å². The second kappa shape index (κ2) is 8.57. The van der Waals surface area contributed by atoms with E-state index < -0.39 is 27.2 Å². The number of nitrogens with one attached hydrogen (secondary N) is 3. The van der Waals surface area contributed by atoms with Crippen molar-refractivity contribution < 1.29 is 8.42 Å². The van der Waals surface area contributed by atoms with Gasteiger partial charge in [-0.25, -0.2) is 13.1 Å². The molecular formula is C22H27N3O4S. The molecule has 3 N–H and O–H groups in total. The zero-order chi connectivity index (χ0) is 22.1. The minimum Gasteiger partial charge on any atom is -0.316 e. The fourth-order valence-corrected chi connectivity index (χ4v) is 4.82. The molecule has 3 aromatic rings. The second-order valence-corrected chi connectivity index (χ2v) is 10.0. The first-order valence-electron chi connectivity index (χ1n) is 9.94. The first kappa shape index (κ1) is 22.0. The Bertz CT molecular complexity index is 1260. The van der Waals surface area contributed by atoms with Crippen LogP contribution in [0.5, 0.6) is 0 Å². The van der Waals surface area contributed by atoms with E-state index in [-0.39, 0.29) is 16.3 Å². The summed E-state index contributed by atoms with van der Waals surface area (Å²) < 4.78 is 28.9. The van der Waals surface area contributed by atoms with Crippen molar-refractivity contribution in [1.82, 2.24) is 14.7 Å². The van der Waals surface area contributed by atoms with Crippen LogP contribution in [0.15, 0.2) is 56.9 Å². The van der Waals surface area contributed by atoms with Crippen LogP contribution in [0.4, 0.5) is 0 Å². The predicted octanol–water partition coefficient (Wildman–Crippen LogP) is 3.09. The van der Waals surface area contributed by atoms with Crippen LogP contribution in [0.1, 0.15) is 44.9 Å². The number of aromatic nitrogens is 2. The molecule has 1 heterocycles. The van der Waals surface area contributed by atoms with Gasteiger partial charge in [0.15, 0.2) is 0 Å². The molecule has 30 heavy (non-hydrogen) atoms. The van der Waals surface area contributed by atoms with E-state index in [2.05, 4.69) is 28.5 Å². The second-order valence-electron chi connectivity index (χ2n) is 8.30. The topological polar surface area (TPSA) is 112 Å². The van der Waals surface area contributed by atoms with Crippen molar-refractivity contribution in [2.45, 2.75) is 45.1 Å². The number of fused-ring (bicyclic) bond motifs is 1. The Hall–Kier alpha value is -2.71. The molecule has 1 aromatic heterocycles. The van der Waals surface area contributed by atoms with Crippen LogP contribution < -0.4 is 15.8 Å². The Kier molecular flexibility index (Phi) is 6.28. The summed E-state index contributed by atoms with van der Waals surface area (Å²) >= 11 is 0. The quantitative estimate of drug-likeness (QED) is 0.501. The van der Waals surface area contributed by atoms with Crippen LogP contribution in [0.25, 0.3) is 11.0 Å². The minimum atomic E-state index is -3.86. The summed E-state index contributed by atoms with van der Waals surface area (Å²) in [4.78, 5) is 27.9. The van der Waals surface area contributed by atoms with Gasteiger partial charge < -0.3 is 9.97 Å². The highest BCUT2D eigenvalue weighted by molar-refractivity contribution is 7.89. The van der Waals surface area contributed by atoms with Crippen molar-refractivity contribution in [2.75, 3.05) is 0 Å². The molecule has 1 atom stereocenters. The van der Waals surface area contributed by atoms with Gasteiger partial charge in [0, 0.05) is 6.04 Å². The highest BCUT2D eigenvalue weighted by Gasteiger charge is 2.24. The van der Waals surface area contributed by atoms with Crippen LogP contribution in [-0.2, 0) is 16.4 Å². The largest absolute Gasteiger partial charge is 0.316 e. The third-order valence-corrected chi connectivity index (χ3v) is 6.37.